The molecule has 1 heterocycles. The predicted molar refractivity (Wildman–Crippen MR) is 109 cm³/mol. The number of sulfone groups is 1. The first-order valence-electron chi connectivity index (χ1n) is 8.83. The maximum absolute atomic E-state index is 12.8. The zero-order valence-corrected chi connectivity index (χ0v) is 16.9. The van der Waals surface area contributed by atoms with Crippen LogP contribution in [-0.4, -0.2) is 45.4 Å². The number of carbonyl (C=O) groups excluding carboxylic acids is 1. The Kier molecular flexibility index (Phi) is 7.41. The summed E-state index contributed by atoms with van der Waals surface area (Å²) in [5.41, 5.74) is 1.17. The third kappa shape index (κ3) is 5.31. The molecule has 146 valence electrons. The Balaban J connectivity index is 0.00000261. The van der Waals surface area contributed by atoms with Gasteiger partial charge in [-0.1, -0.05) is 30.3 Å². The molecule has 5 nitrogen and oxygen atoms in total. The van der Waals surface area contributed by atoms with Crippen LogP contribution in [0.15, 0.2) is 59.5 Å². The normalized spacial score (nSPS) is 17.2. The summed E-state index contributed by atoms with van der Waals surface area (Å²) < 4.78 is 25.1. The van der Waals surface area contributed by atoms with Crippen molar-refractivity contribution in [3.63, 3.8) is 0 Å². The topological polar surface area (TPSA) is 66.5 Å². The summed E-state index contributed by atoms with van der Waals surface area (Å²) in [6.45, 7) is 1.42. The summed E-state index contributed by atoms with van der Waals surface area (Å²) >= 11 is 0. The van der Waals surface area contributed by atoms with Gasteiger partial charge in [-0.3, -0.25) is 4.79 Å². The molecule has 2 aromatic carbocycles. The van der Waals surface area contributed by atoms with Crippen LogP contribution in [0.25, 0.3) is 0 Å². The Labute approximate surface area is 167 Å². The number of hydrogen-bond acceptors (Lipinski definition) is 4. The van der Waals surface area contributed by atoms with Crippen LogP contribution in [0.1, 0.15) is 28.8 Å². The minimum absolute atomic E-state index is 0. The van der Waals surface area contributed by atoms with Gasteiger partial charge in [0.15, 0.2) is 9.84 Å². The first-order chi connectivity index (χ1) is 12.5. The molecule has 0 radical (unpaired) electrons. The van der Waals surface area contributed by atoms with E-state index in [2.05, 4.69) is 5.32 Å². The van der Waals surface area contributed by atoms with Crippen molar-refractivity contribution in [1.82, 2.24) is 10.2 Å². The maximum atomic E-state index is 12.8. The van der Waals surface area contributed by atoms with E-state index in [-0.39, 0.29) is 24.1 Å². The fraction of sp³-hybridized carbons (Fsp3) is 0.350. The van der Waals surface area contributed by atoms with Gasteiger partial charge in [0.05, 0.1) is 10.6 Å². The van der Waals surface area contributed by atoms with E-state index in [0.29, 0.717) is 28.6 Å². The van der Waals surface area contributed by atoms with Gasteiger partial charge in [0, 0.05) is 24.7 Å². The molecule has 1 atom stereocenters. The largest absolute Gasteiger partial charge is 0.337 e. The van der Waals surface area contributed by atoms with Crippen LogP contribution in [0.4, 0.5) is 0 Å². The molecule has 0 aromatic heterocycles. The van der Waals surface area contributed by atoms with Gasteiger partial charge in [0.25, 0.3) is 5.91 Å². The number of rotatable bonds is 5. The molecule has 1 unspecified atom stereocenters. The first-order valence-corrected chi connectivity index (χ1v) is 10.5. The second-order valence-corrected chi connectivity index (χ2v) is 8.64. The minimum Gasteiger partial charge on any atom is -0.337 e. The highest BCUT2D eigenvalue weighted by molar-refractivity contribution is 7.90. The molecular formula is C20H25ClN2O3S. The highest BCUT2D eigenvalue weighted by Crippen LogP contribution is 2.19. The molecule has 0 bridgehead atoms. The minimum atomic E-state index is -3.43. The average molecular weight is 409 g/mol. The number of nitrogens with zero attached hydrogens (tertiary/aromatic N) is 1. The smallest absolute Gasteiger partial charge is 0.253 e. The molecule has 1 aliphatic rings. The summed E-state index contributed by atoms with van der Waals surface area (Å²) in [6.07, 6.45) is 2.04. The summed E-state index contributed by atoms with van der Waals surface area (Å²) in [5.74, 6) is -0.152. The van der Waals surface area contributed by atoms with Crippen LogP contribution >= 0.6 is 12.4 Å². The Morgan fingerprint density at radius 3 is 2.59 bits per heavy atom. The van der Waals surface area contributed by atoms with E-state index in [9.17, 15) is 13.2 Å². The van der Waals surface area contributed by atoms with Crippen molar-refractivity contribution in [2.24, 2.45) is 0 Å². The quantitative estimate of drug-likeness (QED) is 0.826. The van der Waals surface area contributed by atoms with E-state index < -0.39 is 9.84 Å². The van der Waals surface area contributed by atoms with Crippen LogP contribution in [0.2, 0.25) is 0 Å². The van der Waals surface area contributed by atoms with Crippen LogP contribution in [0.5, 0.6) is 0 Å². The summed E-state index contributed by atoms with van der Waals surface area (Å²) in [5, 5.41) is 3.23. The number of amides is 1. The van der Waals surface area contributed by atoms with Crippen molar-refractivity contribution in [2.45, 2.75) is 29.5 Å². The average Bonchev–Trinajstić information content (AvgIpc) is 2.68. The molecule has 1 fully saturated rings. The van der Waals surface area contributed by atoms with Gasteiger partial charge in [-0.05, 0) is 49.7 Å². The number of carbonyl (C=O) groups is 1. The zero-order valence-electron chi connectivity index (χ0n) is 15.3. The van der Waals surface area contributed by atoms with Gasteiger partial charge in [-0.2, -0.15) is 0 Å². The van der Waals surface area contributed by atoms with Gasteiger partial charge < -0.3 is 10.2 Å². The van der Waals surface area contributed by atoms with Gasteiger partial charge in [-0.25, -0.2) is 8.42 Å². The van der Waals surface area contributed by atoms with Crippen molar-refractivity contribution in [2.75, 3.05) is 20.1 Å². The first kappa shape index (κ1) is 21.4. The molecular weight excluding hydrogens is 384 g/mol. The predicted octanol–water partition coefficient (Wildman–Crippen LogP) is 2.91. The molecule has 1 amide bonds. The van der Waals surface area contributed by atoms with Crippen molar-refractivity contribution in [3.8, 4) is 0 Å². The second kappa shape index (κ2) is 9.35. The number of likely N-dealkylation sites (tertiary alicyclic amines) is 1. The third-order valence-electron chi connectivity index (χ3n) is 4.75. The van der Waals surface area contributed by atoms with Gasteiger partial charge in [-0.15, -0.1) is 12.4 Å². The number of piperidine rings is 1. The number of nitrogens with one attached hydrogen (secondary N) is 1. The van der Waals surface area contributed by atoms with Gasteiger partial charge in [0.1, 0.15) is 0 Å². The van der Waals surface area contributed by atoms with Gasteiger partial charge in [0.2, 0.25) is 0 Å². The fourth-order valence-electron chi connectivity index (χ4n) is 3.30. The molecule has 0 spiro atoms. The van der Waals surface area contributed by atoms with Crippen LogP contribution in [0.3, 0.4) is 0 Å². The standard InChI is InChI=1S/C20H24N2O3S.ClH/c1-21-18-9-6-12-22(14-18)20(23)17-8-5-7-16(13-17)15-26(24,25)19-10-3-2-4-11-19;/h2-5,7-8,10-11,13,18,21H,6,9,12,14-15H2,1H3;1H. The van der Waals surface area contributed by atoms with Crippen LogP contribution in [-0.2, 0) is 15.6 Å². The van der Waals surface area contributed by atoms with Gasteiger partial charge >= 0.3 is 0 Å². The number of benzene rings is 2. The Bertz CT molecular complexity index is 872. The zero-order chi connectivity index (χ0) is 18.6. The molecule has 3 rings (SSSR count). The monoisotopic (exact) mass is 408 g/mol. The van der Waals surface area contributed by atoms with E-state index >= 15 is 0 Å². The lowest BCUT2D eigenvalue weighted by molar-refractivity contribution is 0.0698. The van der Waals surface area contributed by atoms with Crippen molar-refractivity contribution >= 4 is 28.2 Å². The SMILES string of the molecule is CNC1CCCN(C(=O)c2cccc(CS(=O)(=O)c3ccccc3)c2)C1.Cl. The van der Waals surface area contributed by atoms with Crippen molar-refractivity contribution in [3.05, 3.63) is 65.7 Å². The van der Waals surface area contributed by atoms with Crippen LogP contribution < -0.4 is 5.32 Å². The van der Waals surface area contributed by atoms with E-state index in [1.165, 1.54) is 0 Å². The van der Waals surface area contributed by atoms with E-state index in [1.54, 1.807) is 54.6 Å². The molecule has 0 saturated carbocycles. The van der Waals surface area contributed by atoms with E-state index in [1.807, 2.05) is 11.9 Å². The fourth-order valence-corrected chi connectivity index (χ4v) is 4.66. The second-order valence-electron chi connectivity index (χ2n) is 6.65. The summed E-state index contributed by atoms with van der Waals surface area (Å²) in [6, 6.07) is 15.7. The van der Waals surface area contributed by atoms with E-state index in [0.717, 1.165) is 19.4 Å². The Hall–Kier alpha value is -1.89. The Morgan fingerprint density at radius 2 is 1.89 bits per heavy atom. The molecule has 2 aromatic rings. The molecule has 1 N–H and O–H groups in total. The molecule has 1 aliphatic heterocycles. The molecule has 0 aliphatic carbocycles. The summed E-state index contributed by atoms with van der Waals surface area (Å²) in [7, 11) is -1.52. The lowest BCUT2D eigenvalue weighted by Gasteiger charge is -2.32. The maximum Gasteiger partial charge on any atom is 0.253 e. The molecule has 7 heteroatoms. The number of likely N-dealkylation sites (N-methyl/N-ethyl adjacent to an activating group) is 1. The molecule has 1 saturated heterocycles. The van der Waals surface area contributed by atoms with Crippen molar-refractivity contribution < 1.29 is 13.2 Å². The summed E-state index contributed by atoms with van der Waals surface area (Å²) in [4.78, 5) is 14.9. The highest BCUT2D eigenvalue weighted by Gasteiger charge is 2.24. The van der Waals surface area contributed by atoms with Crippen LogP contribution in [0, 0.1) is 0 Å². The number of hydrogen-bond donors (Lipinski definition) is 1. The highest BCUT2D eigenvalue weighted by atomic mass is 35.5. The lowest BCUT2D eigenvalue weighted by atomic mass is 10.0. The number of halogens is 1. The third-order valence-corrected chi connectivity index (χ3v) is 6.45. The van der Waals surface area contributed by atoms with Crippen molar-refractivity contribution in [1.29, 1.82) is 0 Å². The lowest BCUT2D eigenvalue weighted by Crippen LogP contribution is -2.46. The Morgan fingerprint density at radius 1 is 1.15 bits per heavy atom. The molecule has 27 heavy (non-hydrogen) atoms. The van der Waals surface area contributed by atoms with E-state index in [4.69, 9.17) is 0 Å².